The van der Waals surface area contributed by atoms with Crippen molar-refractivity contribution in [3.63, 3.8) is 0 Å². The van der Waals surface area contributed by atoms with E-state index in [0.717, 1.165) is 4.24 Å². The first-order valence-corrected chi connectivity index (χ1v) is 7.42. The van der Waals surface area contributed by atoms with Crippen LogP contribution in [-0.4, -0.2) is 22.6 Å². The van der Waals surface area contributed by atoms with Gasteiger partial charge in [-0.05, 0) is 24.7 Å². The first kappa shape index (κ1) is 14.1. The molecule has 0 aliphatic heterocycles. The molecule has 0 saturated carbocycles. The number of thioether (sulfide) groups is 2. The summed E-state index contributed by atoms with van der Waals surface area (Å²) in [6, 6.07) is 5.55. The van der Waals surface area contributed by atoms with Crippen molar-refractivity contribution in [1.29, 1.82) is 5.26 Å². The van der Waals surface area contributed by atoms with E-state index in [1.807, 2.05) is 18.6 Å². The van der Waals surface area contributed by atoms with Crippen LogP contribution in [0, 0.1) is 11.3 Å². The van der Waals surface area contributed by atoms with Gasteiger partial charge in [0.15, 0.2) is 0 Å². The molecule has 0 aromatic carbocycles. The minimum absolute atomic E-state index is 0.0172. The van der Waals surface area contributed by atoms with Crippen LogP contribution in [0.25, 0.3) is 0 Å². The molecule has 1 atom stereocenters. The topological polar surface area (TPSA) is 56.9 Å². The number of aromatic nitrogens is 1. The number of hydrogen-bond acceptors (Lipinski definition) is 5. The second-order valence-electron chi connectivity index (χ2n) is 3.37. The molecule has 17 heavy (non-hydrogen) atoms. The Morgan fingerprint density at radius 3 is 2.76 bits per heavy atom. The summed E-state index contributed by atoms with van der Waals surface area (Å²) in [5.41, 5.74) is -0.619. The van der Waals surface area contributed by atoms with E-state index in [0.29, 0.717) is 5.56 Å². The molecule has 1 unspecified atom stereocenters. The van der Waals surface area contributed by atoms with Crippen molar-refractivity contribution in [2.24, 2.45) is 0 Å². The Kier molecular flexibility index (Phi) is 5.56. The highest BCUT2D eigenvalue weighted by Crippen LogP contribution is 2.33. The number of nitrogens with zero attached hydrogens (tertiary/aromatic N) is 2. The zero-order chi connectivity index (χ0) is 12.7. The van der Waals surface area contributed by atoms with Crippen molar-refractivity contribution in [1.82, 2.24) is 4.98 Å². The predicted octanol–water partition coefficient (Wildman–Crippen LogP) is 2.75. The molecule has 1 heterocycles. The third-order valence-electron chi connectivity index (χ3n) is 2.27. The molecule has 5 heteroatoms. The van der Waals surface area contributed by atoms with Crippen LogP contribution in [-0.2, 0) is 5.60 Å². The van der Waals surface area contributed by atoms with Gasteiger partial charge in [-0.2, -0.15) is 5.26 Å². The zero-order valence-electron chi connectivity index (χ0n) is 9.75. The van der Waals surface area contributed by atoms with Crippen molar-refractivity contribution >= 4 is 23.5 Å². The van der Waals surface area contributed by atoms with Crippen molar-refractivity contribution in [2.45, 2.75) is 12.0 Å². The van der Waals surface area contributed by atoms with Crippen LogP contribution in [0.1, 0.15) is 12.0 Å². The second-order valence-corrected chi connectivity index (χ2v) is 5.33. The molecule has 0 aliphatic carbocycles. The maximum Gasteiger partial charge on any atom is 0.124 e. The van der Waals surface area contributed by atoms with Gasteiger partial charge >= 0.3 is 0 Å². The molecular weight excluding hydrogens is 252 g/mol. The Labute approximate surface area is 110 Å². The van der Waals surface area contributed by atoms with E-state index in [1.54, 1.807) is 54.1 Å². The predicted molar refractivity (Wildman–Crippen MR) is 73.5 cm³/mol. The molecule has 1 N–H and O–H groups in total. The maximum absolute atomic E-state index is 10.5. The highest BCUT2D eigenvalue weighted by atomic mass is 32.2. The summed E-state index contributed by atoms with van der Waals surface area (Å²) in [4.78, 5) is 3.98. The quantitative estimate of drug-likeness (QED) is 0.888. The number of rotatable bonds is 5. The van der Waals surface area contributed by atoms with Crippen LogP contribution in [0.15, 0.2) is 34.8 Å². The van der Waals surface area contributed by atoms with Gasteiger partial charge in [-0.15, -0.1) is 23.5 Å². The lowest BCUT2D eigenvalue weighted by atomic mass is 9.92. The van der Waals surface area contributed by atoms with Crippen LogP contribution >= 0.6 is 23.5 Å². The number of aliphatic hydroxyl groups is 1. The van der Waals surface area contributed by atoms with Gasteiger partial charge in [0.1, 0.15) is 5.60 Å². The lowest BCUT2D eigenvalue weighted by Gasteiger charge is -2.22. The van der Waals surface area contributed by atoms with Gasteiger partial charge in [0.05, 0.1) is 12.5 Å². The highest BCUT2D eigenvalue weighted by Gasteiger charge is 2.27. The third kappa shape index (κ3) is 3.77. The number of hydrogen-bond donors (Lipinski definition) is 1. The van der Waals surface area contributed by atoms with E-state index in [4.69, 9.17) is 5.26 Å². The summed E-state index contributed by atoms with van der Waals surface area (Å²) in [6.07, 6.45) is 8.86. The molecule has 0 radical (unpaired) electrons. The third-order valence-corrected chi connectivity index (χ3v) is 4.31. The van der Waals surface area contributed by atoms with Gasteiger partial charge in [-0.1, -0.05) is 6.07 Å². The first-order valence-electron chi connectivity index (χ1n) is 4.97. The fourth-order valence-corrected chi connectivity index (χ4v) is 2.66. The Morgan fingerprint density at radius 2 is 2.29 bits per heavy atom. The van der Waals surface area contributed by atoms with Gasteiger partial charge in [-0.3, -0.25) is 4.98 Å². The summed E-state index contributed by atoms with van der Waals surface area (Å²) in [5, 5.41) is 19.4. The summed E-state index contributed by atoms with van der Waals surface area (Å²) in [6.45, 7) is 0. The van der Waals surface area contributed by atoms with E-state index < -0.39 is 5.60 Å². The summed E-state index contributed by atoms with van der Waals surface area (Å²) < 4.78 is 0.978. The van der Waals surface area contributed by atoms with E-state index in [2.05, 4.69) is 4.98 Å². The molecule has 0 amide bonds. The van der Waals surface area contributed by atoms with Gasteiger partial charge in [0, 0.05) is 22.2 Å². The van der Waals surface area contributed by atoms with E-state index in [-0.39, 0.29) is 6.42 Å². The molecule has 90 valence electrons. The molecule has 1 rings (SSSR count). The Bertz CT molecular complexity index is 422. The highest BCUT2D eigenvalue weighted by molar-refractivity contribution is 8.21. The normalized spacial score (nSPS) is 13.5. The van der Waals surface area contributed by atoms with Crippen molar-refractivity contribution < 1.29 is 5.11 Å². The van der Waals surface area contributed by atoms with Crippen molar-refractivity contribution in [3.8, 4) is 6.07 Å². The fourth-order valence-electron chi connectivity index (χ4n) is 1.37. The largest absolute Gasteiger partial charge is 0.380 e. The molecule has 0 aliphatic rings. The average molecular weight is 266 g/mol. The van der Waals surface area contributed by atoms with E-state index in [9.17, 15) is 5.11 Å². The van der Waals surface area contributed by atoms with E-state index >= 15 is 0 Å². The van der Waals surface area contributed by atoms with Crippen molar-refractivity contribution in [3.05, 3.63) is 40.4 Å². The number of pyridine rings is 1. The average Bonchev–Trinajstić information content (AvgIpc) is 2.37. The molecule has 0 spiro atoms. The Morgan fingerprint density at radius 1 is 1.59 bits per heavy atom. The standard InChI is InChI=1S/C12H14N2OS2/c1-16-11(17-2)8-12(15,5-6-13)10-4-3-7-14-9-10/h3-4,7-9,15H,5H2,1-2H3. The van der Waals surface area contributed by atoms with Crippen LogP contribution < -0.4 is 0 Å². The molecule has 0 saturated heterocycles. The number of nitriles is 1. The monoisotopic (exact) mass is 266 g/mol. The summed E-state index contributed by atoms with van der Waals surface area (Å²) in [5.74, 6) is 0. The lowest BCUT2D eigenvalue weighted by molar-refractivity contribution is 0.0944. The van der Waals surface area contributed by atoms with Gasteiger partial charge in [-0.25, -0.2) is 0 Å². The van der Waals surface area contributed by atoms with Crippen LogP contribution in [0.5, 0.6) is 0 Å². The minimum atomic E-state index is -1.26. The fraction of sp³-hybridized carbons (Fsp3) is 0.333. The second kappa shape index (κ2) is 6.70. The SMILES string of the molecule is CSC(=CC(O)(CC#N)c1cccnc1)SC. The molecule has 0 bridgehead atoms. The van der Waals surface area contributed by atoms with Gasteiger partial charge < -0.3 is 5.11 Å². The smallest absolute Gasteiger partial charge is 0.124 e. The molecule has 1 aromatic rings. The molecule has 3 nitrogen and oxygen atoms in total. The van der Waals surface area contributed by atoms with Gasteiger partial charge in [0.2, 0.25) is 0 Å². The lowest BCUT2D eigenvalue weighted by Crippen LogP contribution is -2.22. The molecule has 0 fully saturated rings. The van der Waals surface area contributed by atoms with Crippen LogP contribution in [0.4, 0.5) is 0 Å². The first-order chi connectivity index (χ1) is 8.16. The van der Waals surface area contributed by atoms with Crippen LogP contribution in [0.3, 0.4) is 0 Å². The Balaban J connectivity index is 3.15. The van der Waals surface area contributed by atoms with Crippen LogP contribution in [0.2, 0.25) is 0 Å². The molecule has 1 aromatic heterocycles. The maximum atomic E-state index is 10.5. The zero-order valence-corrected chi connectivity index (χ0v) is 11.4. The van der Waals surface area contributed by atoms with E-state index in [1.165, 1.54) is 0 Å². The minimum Gasteiger partial charge on any atom is -0.380 e. The summed E-state index contributed by atoms with van der Waals surface area (Å²) >= 11 is 3.10. The Hall–Kier alpha value is -0.960. The molecular formula is C12H14N2OS2. The summed E-state index contributed by atoms with van der Waals surface area (Å²) in [7, 11) is 0. The van der Waals surface area contributed by atoms with Gasteiger partial charge in [0.25, 0.3) is 0 Å². The van der Waals surface area contributed by atoms with Crippen molar-refractivity contribution in [2.75, 3.05) is 12.5 Å².